The number of nitrogens with zero attached hydrogens (tertiary/aromatic N) is 2. The summed E-state index contributed by atoms with van der Waals surface area (Å²) in [7, 11) is -3.40. The fraction of sp³-hybridized carbons (Fsp3) is 0.409. The zero-order chi connectivity index (χ0) is 19.3. The minimum absolute atomic E-state index is 0.352. The van der Waals surface area contributed by atoms with E-state index in [9.17, 15) is 8.42 Å². The first-order valence-electron chi connectivity index (χ1n) is 9.71. The van der Waals surface area contributed by atoms with Crippen LogP contribution in [0.4, 0.5) is 5.69 Å². The maximum Gasteiger partial charge on any atom is 0.243 e. The molecule has 0 radical (unpaired) electrons. The molecule has 1 heterocycles. The van der Waals surface area contributed by atoms with Gasteiger partial charge in [-0.2, -0.15) is 4.31 Å². The summed E-state index contributed by atoms with van der Waals surface area (Å²) in [5.74, 6) is 0.509. The molecule has 0 spiro atoms. The van der Waals surface area contributed by atoms with Crippen molar-refractivity contribution in [2.75, 3.05) is 13.1 Å². The second-order valence-electron chi connectivity index (χ2n) is 7.39. The summed E-state index contributed by atoms with van der Waals surface area (Å²) >= 11 is 0. The summed E-state index contributed by atoms with van der Waals surface area (Å²) in [5.41, 5.74) is 3.08. The van der Waals surface area contributed by atoms with Crippen molar-refractivity contribution in [3.63, 3.8) is 0 Å². The van der Waals surface area contributed by atoms with Crippen molar-refractivity contribution < 1.29 is 8.42 Å². The Morgan fingerprint density at radius 3 is 2.04 bits per heavy atom. The number of rotatable bonds is 5. The predicted molar refractivity (Wildman–Crippen MR) is 111 cm³/mol. The first-order chi connectivity index (χ1) is 13.0. The number of hydrogen-bond acceptors (Lipinski definition) is 3. The van der Waals surface area contributed by atoms with E-state index in [4.69, 9.17) is 0 Å². The summed E-state index contributed by atoms with van der Waals surface area (Å²) < 4.78 is 27.2. The van der Waals surface area contributed by atoms with Gasteiger partial charge in [-0.05, 0) is 54.2 Å². The molecule has 27 heavy (non-hydrogen) atoms. The zero-order valence-corrected chi connectivity index (χ0v) is 17.0. The van der Waals surface area contributed by atoms with Gasteiger partial charge in [-0.1, -0.05) is 51.0 Å². The normalized spacial score (nSPS) is 16.7. The maximum absolute atomic E-state index is 12.8. The number of aliphatic imine (C=N–C) groups is 1. The third-order valence-corrected chi connectivity index (χ3v) is 6.92. The Bertz CT molecular complexity index is 862. The van der Waals surface area contributed by atoms with Crippen LogP contribution in [0.3, 0.4) is 0 Å². The topological polar surface area (TPSA) is 49.7 Å². The van der Waals surface area contributed by atoms with E-state index in [0.29, 0.717) is 23.9 Å². The van der Waals surface area contributed by atoms with Gasteiger partial charge in [-0.25, -0.2) is 8.42 Å². The summed E-state index contributed by atoms with van der Waals surface area (Å²) in [5, 5.41) is 0. The highest BCUT2D eigenvalue weighted by Crippen LogP contribution is 2.23. The molecule has 1 saturated heterocycles. The predicted octanol–water partition coefficient (Wildman–Crippen LogP) is 5.13. The van der Waals surface area contributed by atoms with Crippen molar-refractivity contribution in [2.24, 2.45) is 4.99 Å². The third-order valence-electron chi connectivity index (χ3n) is 5.01. The highest BCUT2D eigenvalue weighted by atomic mass is 32.2. The van der Waals surface area contributed by atoms with Crippen molar-refractivity contribution >= 4 is 21.9 Å². The third kappa shape index (κ3) is 5.05. The van der Waals surface area contributed by atoms with Crippen LogP contribution in [-0.4, -0.2) is 32.0 Å². The molecule has 0 atom stereocenters. The minimum Gasteiger partial charge on any atom is -0.256 e. The van der Waals surface area contributed by atoms with Gasteiger partial charge in [0.25, 0.3) is 0 Å². The van der Waals surface area contributed by atoms with E-state index in [1.54, 1.807) is 28.6 Å². The zero-order valence-electron chi connectivity index (χ0n) is 16.1. The van der Waals surface area contributed by atoms with Crippen LogP contribution < -0.4 is 0 Å². The molecule has 1 aliphatic rings. The van der Waals surface area contributed by atoms with Crippen LogP contribution in [-0.2, 0) is 10.0 Å². The first-order valence-corrected chi connectivity index (χ1v) is 11.1. The smallest absolute Gasteiger partial charge is 0.243 e. The number of sulfonamides is 1. The van der Waals surface area contributed by atoms with Crippen molar-refractivity contribution in [2.45, 2.75) is 50.3 Å². The van der Waals surface area contributed by atoms with Gasteiger partial charge in [-0.3, -0.25) is 4.99 Å². The highest BCUT2D eigenvalue weighted by Gasteiger charge is 2.24. The Morgan fingerprint density at radius 2 is 1.48 bits per heavy atom. The van der Waals surface area contributed by atoms with Crippen LogP contribution in [0.1, 0.15) is 56.6 Å². The van der Waals surface area contributed by atoms with Crippen LogP contribution in [0.5, 0.6) is 0 Å². The van der Waals surface area contributed by atoms with E-state index >= 15 is 0 Å². The highest BCUT2D eigenvalue weighted by molar-refractivity contribution is 7.89. The molecule has 0 amide bonds. The van der Waals surface area contributed by atoms with E-state index in [1.807, 2.05) is 6.21 Å². The molecule has 2 aromatic carbocycles. The molecule has 0 unspecified atom stereocenters. The summed E-state index contributed by atoms with van der Waals surface area (Å²) in [6.45, 7) is 5.58. The van der Waals surface area contributed by atoms with E-state index in [0.717, 1.165) is 36.9 Å². The molecular weight excluding hydrogens is 356 g/mol. The van der Waals surface area contributed by atoms with Crippen LogP contribution in [0, 0.1) is 0 Å². The van der Waals surface area contributed by atoms with Gasteiger partial charge in [0.15, 0.2) is 0 Å². The molecule has 0 saturated carbocycles. The molecule has 144 valence electrons. The summed E-state index contributed by atoms with van der Waals surface area (Å²) in [6.07, 6.45) is 5.91. The molecule has 2 aromatic rings. The maximum atomic E-state index is 12.8. The largest absolute Gasteiger partial charge is 0.256 e. The summed E-state index contributed by atoms with van der Waals surface area (Å²) in [4.78, 5) is 4.82. The molecule has 0 bridgehead atoms. The molecule has 0 aromatic heterocycles. The van der Waals surface area contributed by atoms with Gasteiger partial charge in [0.1, 0.15) is 0 Å². The van der Waals surface area contributed by atoms with Crippen molar-refractivity contribution in [3.05, 3.63) is 59.7 Å². The lowest BCUT2D eigenvalue weighted by atomic mass is 10.0. The monoisotopic (exact) mass is 384 g/mol. The van der Waals surface area contributed by atoms with Crippen LogP contribution in [0.2, 0.25) is 0 Å². The molecule has 1 aliphatic heterocycles. The molecule has 3 rings (SSSR count). The Hall–Kier alpha value is -1.98. The average Bonchev–Trinajstić information content (AvgIpc) is 2.97. The Balaban J connectivity index is 1.71. The van der Waals surface area contributed by atoms with Gasteiger partial charge in [0.05, 0.1) is 10.6 Å². The van der Waals surface area contributed by atoms with E-state index in [2.05, 4.69) is 43.1 Å². The first kappa shape index (κ1) is 19.8. The molecule has 5 heteroatoms. The standard InChI is InChI=1S/C22H28N2O2S/c1-18(2)20-9-7-19(8-10-20)17-23-21-11-13-22(14-12-21)27(25,26)24-15-5-3-4-6-16-24/h7-14,17-18H,3-6,15-16H2,1-2H3. The van der Waals surface area contributed by atoms with Gasteiger partial charge in [0.2, 0.25) is 10.0 Å². The second-order valence-corrected chi connectivity index (χ2v) is 9.33. The fourth-order valence-electron chi connectivity index (χ4n) is 3.25. The molecule has 0 N–H and O–H groups in total. The Labute approximate surface area is 163 Å². The van der Waals surface area contributed by atoms with E-state index in [1.165, 1.54) is 5.56 Å². The van der Waals surface area contributed by atoms with E-state index in [-0.39, 0.29) is 0 Å². The van der Waals surface area contributed by atoms with Crippen molar-refractivity contribution in [3.8, 4) is 0 Å². The van der Waals surface area contributed by atoms with Crippen molar-refractivity contribution in [1.82, 2.24) is 4.31 Å². The Kier molecular flexibility index (Phi) is 6.45. The lowest BCUT2D eigenvalue weighted by Gasteiger charge is -2.19. The average molecular weight is 385 g/mol. The van der Waals surface area contributed by atoms with Crippen LogP contribution in [0.15, 0.2) is 58.4 Å². The Morgan fingerprint density at radius 1 is 0.889 bits per heavy atom. The molecule has 0 aliphatic carbocycles. The number of benzene rings is 2. The van der Waals surface area contributed by atoms with Gasteiger partial charge < -0.3 is 0 Å². The minimum atomic E-state index is -3.40. The second kappa shape index (κ2) is 8.81. The van der Waals surface area contributed by atoms with Crippen molar-refractivity contribution in [1.29, 1.82) is 0 Å². The van der Waals surface area contributed by atoms with Gasteiger partial charge in [0, 0.05) is 19.3 Å². The lowest BCUT2D eigenvalue weighted by Crippen LogP contribution is -2.31. The SMILES string of the molecule is CC(C)c1ccc(C=Nc2ccc(S(=O)(=O)N3CCCCCC3)cc2)cc1. The fourth-order valence-corrected chi connectivity index (χ4v) is 4.77. The lowest BCUT2D eigenvalue weighted by molar-refractivity contribution is 0.424. The van der Waals surface area contributed by atoms with Crippen LogP contribution >= 0.6 is 0 Å². The molecular formula is C22H28N2O2S. The van der Waals surface area contributed by atoms with Crippen LogP contribution in [0.25, 0.3) is 0 Å². The van der Waals surface area contributed by atoms with Gasteiger partial charge >= 0.3 is 0 Å². The van der Waals surface area contributed by atoms with E-state index < -0.39 is 10.0 Å². The quantitative estimate of drug-likeness (QED) is 0.671. The summed E-state index contributed by atoms with van der Waals surface area (Å²) in [6, 6.07) is 15.2. The molecule has 4 nitrogen and oxygen atoms in total. The number of hydrogen-bond donors (Lipinski definition) is 0. The van der Waals surface area contributed by atoms with Gasteiger partial charge in [-0.15, -0.1) is 0 Å². The molecule has 1 fully saturated rings.